The molecule has 0 aliphatic carbocycles. The number of nitrogens with one attached hydrogen (secondary N) is 2. The van der Waals surface area contributed by atoms with Crippen LogP contribution >= 0.6 is 23.2 Å². The quantitative estimate of drug-likeness (QED) is 0.216. The number of carbonyl (C=O) groups is 2. The minimum absolute atomic E-state index is 0.250. The highest BCUT2D eigenvalue weighted by molar-refractivity contribution is 6.35. The summed E-state index contributed by atoms with van der Waals surface area (Å²) < 4.78 is 11.2. The monoisotopic (exact) mass is 569 g/mol. The second-order valence-corrected chi connectivity index (χ2v) is 10.3. The van der Waals surface area contributed by atoms with E-state index >= 15 is 0 Å². The van der Waals surface area contributed by atoms with Gasteiger partial charge in [0.05, 0.1) is 18.3 Å². The van der Waals surface area contributed by atoms with Gasteiger partial charge in [-0.05, 0) is 72.4 Å². The van der Waals surface area contributed by atoms with Crippen LogP contribution < -0.4 is 20.2 Å². The van der Waals surface area contributed by atoms with E-state index in [1.165, 1.54) is 6.07 Å². The summed E-state index contributed by atoms with van der Waals surface area (Å²) in [5, 5.41) is 7.70. The lowest BCUT2D eigenvalue weighted by atomic mass is 9.97. The molecule has 0 unspecified atom stereocenters. The highest BCUT2D eigenvalue weighted by Crippen LogP contribution is 2.29. The Hall–Kier alpha value is -3.55. The molecule has 2 amide bonds. The molecule has 3 aromatic carbocycles. The van der Waals surface area contributed by atoms with Gasteiger partial charge in [-0.2, -0.15) is 5.10 Å². The minimum Gasteiger partial charge on any atom is -0.496 e. The highest BCUT2D eigenvalue weighted by Gasteiger charge is 2.25. The van der Waals surface area contributed by atoms with Crippen LogP contribution in [0.3, 0.4) is 0 Å². The number of carbonyl (C=O) groups excluding carboxylic acids is 2. The molecule has 0 saturated heterocycles. The van der Waals surface area contributed by atoms with E-state index in [1.807, 2.05) is 49.4 Å². The molecule has 0 aromatic heterocycles. The summed E-state index contributed by atoms with van der Waals surface area (Å²) in [5.74, 6) is 0.433. The summed E-state index contributed by atoms with van der Waals surface area (Å²) in [6, 6.07) is 17.2. The van der Waals surface area contributed by atoms with Crippen molar-refractivity contribution in [2.75, 3.05) is 7.11 Å². The zero-order valence-electron chi connectivity index (χ0n) is 22.6. The third-order valence-corrected chi connectivity index (χ3v) is 6.63. The first kappa shape index (κ1) is 30.0. The van der Waals surface area contributed by atoms with Crippen molar-refractivity contribution >= 4 is 41.2 Å². The van der Waals surface area contributed by atoms with Crippen LogP contribution in [-0.2, 0) is 16.0 Å². The van der Waals surface area contributed by atoms with Crippen LogP contribution in [0.1, 0.15) is 48.9 Å². The van der Waals surface area contributed by atoms with Crippen molar-refractivity contribution < 1.29 is 19.1 Å². The first-order valence-electron chi connectivity index (χ1n) is 12.6. The molecule has 3 rings (SSSR count). The lowest BCUT2D eigenvalue weighted by molar-refractivity contribution is -0.132. The van der Waals surface area contributed by atoms with Gasteiger partial charge in [-0.15, -0.1) is 0 Å². The third kappa shape index (κ3) is 8.47. The molecule has 206 valence electrons. The number of amides is 2. The predicted molar refractivity (Wildman–Crippen MR) is 156 cm³/mol. The molecule has 2 atom stereocenters. The molecular formula is C30H33Cl2N3O4. The van der Waals surface area contributed by atoms with Crippen molar-refractivity contribution in [2.45, 2.75) is 52.2 Å². The molecule has 0 aliphatic heterocycles. The molecular weight excluding hydrogens is 537 g/mol. The van der Waals surface area contributed by atoms with E-state index in [0.717, 1.165) is 28.0 Å². The van der Waals surface area contributed by atoms with Crippen LogP contribution in [0, 0.1) is 6.92 Å². The molecule has 2 N–H and O–H groups in total. The number of methoxy groups -OCH3 is 1. The molecule has 3 aromatic rings. The number of hydrogen-bond donors (Lipinski definition) is 2. The Morgan fingerprint density at radius 2 is 1.69 bits per heavy atom. The maximum Gasteiger partial charge on any atom is 0.262 e. The fraction of sp³-hybridized carbons (Fsp3) is 0.300. The Morgan fingerprint density at radius 1 is 0.974 bits per heavy atom. The van der Waals surface area contributed by atoms with Crippen molar-refractivity contribution in [1.29, 1.82) is 0 Å². The summed E-state index contributed by atoms with van der Waals surface area (Å²) in [6.07, 6.45) is 0.935. The Morgan fingerprint density at radius 3 is 2.33 bits per heavy atom. The second-order valence-electron chi connectivity index (χ2n) is 9.43. The highest BCUT2D eigenvalue weighted by atomic mass is 35.5. The van der Waals surface area contributed by atoms with Gasteiger partial charge in [0.1, 0.15) is 17.5 Å². The number of aryl methyl sites for hydroxylation is 1. The summed E-state index contributed by atoms with van der Waals surface area (Å²) in [4.78, 5) is 26.2. The minimum atomic E-state index is -0.922. The maximum atomic E-state index is 13.2. The van der Waals surface area contributed by atoms with Gasteiger partial charge < -0.3 is 14.8 Å². The Kier molecular flexibility index (Phi) is 10.8. The summed E-state index contributed by atoms with van der Waals surface area (Å²) in [7, 11) is 1.64. The average molecular weight is 571 g/mol. The van der Waals surface area contributed by atoms with Crippen LogP contribution in [0.2, 0.25) is 10.0 Å². The van der Waals surface area contributed by atoms with E-state index < -0.39 is 24.0 Å². The molecule has 0 radical (unpaired) electrons. The number of rotatable bonds is 11. The molecule has 0 saturated carbocycles. The van der Waals surface area contributed by atoms with E-state index in [1.54, 1.807) is 32.4 Å². The number of nitrogens with zero attached hydrogens (tertiary/aromatic N) is 1. The van der Waals surface area contributed by atoms with Gasteiger partial charge in [0.2, 0.25) is 0 Å². The molecule has 7 nitrogen and oxygen atoms in total. The van der Waals surface area contributed by atoms with Gasteiger partial charge in [0.15, 0.2) is 6.10 Å². The lowest BCUT2D eigenvalue weighted by Gasteiger charge is -2.21. The average Bonchev–Trinajstić information content (AvgIpc) is 2.90. The molecule has 0 aliphatic rings. The van der Waals surface area contributed by atoms with Gasteiger partial charge in [-0.25, -0.2) is 5.43 Å². The van der Waals surface area contributed by atoms with Crippen LogP contribution in [0.15, 0.2) is 65.8 Å². The van der Waals surface area contributed by atoms with E-state index in [9.17, 15) is 9.59 Å². The predicted octanol–water partition coefficient (Wildman–Crippen LogP) is 6.08. The van der Waals surface area contributed by atoms with Crippen molar-refractivity contribution in [2.24, 2.45) is 5.10 Å². The molecule has 0 spiro atoms. The van der Waals surface area contributed by atoms with E-state index in [2.05, 4.69) is 29.7 Å². The van der Waals surface area contributed by atoms with Gasteiger partial charge >= 0.3 is 0 Å². The molecule has 9 heteroatoms. The fourth-order valence-electron chi connectivity index (χ4n) is 3.89. The topological polar surface area (TPSA) is 89.0 Å². The number of hydrazone groups is 1. The van der Waals surface area contributed by atoms with Crippen LogP contribution in [0.4, 0.5) is 0 Å². The zero-order chi connectivity index (χ0) is 28.5. The van der Waals surface area contributed by atoms with Crippen molar-refractivity contribution in [3.05, 3.63) is 93.0 Å². The van der Waals surface area contributed by atoms with Gasteiger partial charge in [0.25, 0.3) is 11.8 Å². The Balaban J connectivity index is 1.74. The number of benzene rings is 3. The van der Waals surface area contributed by atoms with Gasteiger partial charge in [-0.1, -0.05) is 67.4 Å². The second kappa shape index (κ2) is 14.0. The van der Waals surface area contributed by atoms with Crippen LogP contribution in [-0.4, -0.2) is 37.3 Å². The molecule has 0 heterocycles. The normalized spacial score (nSPS) is 12.7. The maximum absolute atomic E-state index is 13.2. The number of halogens is 2. The summed E-state index contributed by atoms with van der Waals surface area (Å²) >= 11 is 12.1. The number of ether oxygens (including phenoxy) is 2. The van der Waals surface area contributed by atoms with Crippen LogP contribution in [0.25, 0.3) is 0 Å². The Labute approximate surface area is 239 Å². The van der Waals surface area contributed by atoms with Crippen molar-refractivity contribution in [3.63, 3.8) is 0 Å². The van der Waals surface area contributed by atoms with Gasteiger partial charge in [0, 0.05) is 11.4 Å². The largest absolute Gasteiger partial charge is 0.496 e. The Bertz CT molecular complexity index is 1330. The zero-order valence-corrected chi connectivity index (χ0v) is 24.1. The van der Waals surface area contributed by atoms with E-state index in [0.29, 0.717) is 10.8 Å². The van der Waals surface area contributed by atoms with Gasteiger partial charge in [-0.3, -0.25) is 9.59 Å². The van der Waals surface area contributed by atoms with E-state index in [4.69, 9.17) is 32.7 Å². The molecule has 39 heavy (non-hydrogen) atoms. The molecule has 0 fully saturated rings. The third-order valence-electron chi connectivity index (χ3n) is 6.10. The fourth-order valence-corrected chi connectivity index (χ4v) is 4.34. The first-order chi connectivity index (χ1) is 18.6. The van der Waals surface area contributed by atoms with Crippen molar-refractivity contribution in [3.8, 4) is 11.5 Å². The molecule has 0 bridgehead atoms. The van der Waals surface area contributed by atoms with E-state index in [-0.39, 0.29) is 17.4 Å². The first-order valence-corrected chi connectivity index (χ1v) is 13.3. The SMILES string of the molecule is COc1cc(C)c(/C=N\NC(=O)[C@H](Cc2ccccc2)NC(=O)[C@H](C)Oc2ccc(Cl)cc2Cl)cc1C(C)C. The summed E-state index contributed by atoms with van der Waals surface area (Å²) in [5.41, 5.74) is 6.30. The lowest BCUT2D eigenvalue weighted by Crippen LogP contribution is -2.50. The smallest absolute Gasteiger partial charge is 0.262 e. The van der Waals surface area contributed by atoms with Crippen molar-refractivity contribution in [1.82, 2.24) is 10.7 Å². The summed E-state index contributed by atoms with van der Waals surface area (Å²) in [6.45, 7) is 7.69. The number of hydrogen-bond acceptors (Lipinski definition) is 5. The standard InChI is InChI=1S/C30H33Cl2N3O4/c1-18(2)24-15-22(19(3)13-28(24)38-5)17-33-35-30(37)26(14-21-9-7-6-8-10-21)34-29(36)20(4)39-27-12-11-23(31)16-25(27)32/h6-13,15-18,20,26H,14H2,1-5H3,(H,34,36)(H,35,37)/b33-17-/t20-,26-/m0/s1. The van der Waals surface area contributed by atoms with Crippen LogP contribution in [0.5, 0.6) is 11.5 Å².